The van der Waals surface area contributed by atoms with Crippen molar-refractivity contribution in [3.05, 3.63) is 46.3 Å². The third-order valence-electron chi connectivity index (χ3n) is 5.71. The molecule has 0 radical (unpaired) electrons. The zero-order valence-electron chi connectivity index (χ0n) is 14.5. The summed E-state index contributed by atoms with van der Waals surface area (Å²) in [6.45, 7) is 3.77. The molecule has 0 atom stereocenters. The highest BCUT2D eigenvalue weighted by Gasteiger charge is 2.46. The number of hydrogen-bond donors (Lipinski definition) is 1. The lowest BCUT2D eigenvalue weighted by Crippen LogP contribution is -2.66. The molecule has 2 saturated heterocycles. The number of rotatable bonds is 2. The summed E-state index contributed by atoms with van der Waals surface area (Å²) in [4.78, 5) is 29.5. The number of likely N-dealkylation sites (tertiary alicyclic amines) is 1. The smallest absolute Gasteiger partial charge is 0.240 e. The van der Waals surface area contributed by atoms with Crippen molar-refractivity contribution in [3.8, 4) is 0 Å². The number of amides is 1. The molecule has 6 nitrogen and oxygen atoms in total. The van der Waals surface area contributed by atoms with E-state index in [0.29, 0.717) is 23.1 Å². The number of hydrogen-bond acceptors (Lipinski definition) is 5. The quantitative estimate of drug-likeness (QED) is 0.889. The zero-order chi connectivity index (χ0) is 17.4. The van der Waals surface area contributed by atoms with E-state index in [1.807, 2.05) is 25.2 Å². The van der Waals surface area contributed by atoms with Gasteiger partial charge in [0.15, 0.2) is 5.43 Å². The highest BCUT2D eigenvalue weighted by atomic mass is 16.3. The summed E-state index contributed by atoms with van der Waals surface area (Å²) in [5.41, 5.74) is 0.947. The Hall–Kier alpha value is -2.18. The number of carbonyl (C=O) groups is 1. The number of nitrogens with zero attached hydrogens (tertiary/aromatic N) is 2. The number of fused-ring (bicyclic) bond motifs is 1. The molecule has 0 bridgehead atoms. The average molecular weight is 341 g/mol. The van der Waals surface area contributed by atoms with E-state index in [-0.39, 0.29) is 16.9 Å². The lowest BCUT2D eigenvalue weighted by Gasteiger charge is -2.48. The Balaban J connectivity index is 1.50. The highest BCUT2D eigenvalue weighted by Crippen LogP contribution is 2.30. The molecular formula is C19H23N3O3. The van der Waals surface area contributed by atoms with Gasteiger partial charge in [-0.25, -0.2) is 0 Å². The number of nitrogens with one attached hydrogen (secondary N) is 1. The Labute approximate surface area is 146 Å². The van der Waals surface area contributed by atoms with Crippen LogP contribution in [0.4, 0.5) is 0 Å². The van der Waals surface area contributed by atoms with E-state index >= 15 is 0 Å². The molecule has 3 heterocycles. The van der Waals surface area contributed by atoms with Crippen LogP contribution in [-0.4, -0.2) is 54.5 Å². The van der Waals surface area contributed by atoms with Gasteiger partial charge in [-0.05, 0) is 32.0 Å². The van der Waals surface area contributed by atoms with Crippen LogP contribution in [-0.2, 0) is 11.3 Å². The first-order valence-corrected chi connectivity index (χ1v) is 8.81. The third-order valence-corrected chi connectivity index (χ3v) is 5.71. The Morgan fingerprint density at radius 1 is 1.16 bits per heavy atom. The highest BCUT2D eigenvalue weighted by molar-refractivity contribution is 5.87. The molecule has 25 heavy (non-hydrogen) atoms. The van der Waals surface area contributed by atoms with Crippen LogP contribution >= 0.6 is 0 Å². The molecule has 1 aromatic heterocycles. The molecular weight excluding hydrogens is 318 g/mol. The maximum Gasteiger partial charge on any atom is 0.240 e. The lowest BCUT2D eigenvalue weighted by molar-refractivity contribution is -0.140. The monoisotopic (exact) mass is 341 g/mol. The number of carbonyl (C=O) groups excluding carboxylic acids is 1. The SMILES string of the molecule is CN1CCNC(=O)C12CCN(Cc1coc3ccccc3c1=O)CC2. The maximum absolute atomic E-state index is 12.6. The molecule has 2 aromatic rings. The second-order valence-electron chi connectivity index (χ2n) is 7.07. The van der Waals surface area contributed by atoms with Crippen molar-refractivity contribution >= 4 is 16.9 Å². The Bertz CT molecular complexity index is 852. The number of likely N-dealkylation sites (N-methyl/N-ethyl adjacent to an activating group) is 1. The molecule has 4 rings (SSSR count). The Kier molecular flexibility index (Phi) is 4.09. The van der Waals surface area contributed by atoms with Crippen LogP contribution in [0.15, 0.2) is 39.7 Å². The van der Waals surface area contributed by atoms with Gasteiger partial charge in [-0.1, -0.05) is 12.1 Å². The van der Waals surface area contributed by atoms with Gasteiger partial charge in [-0.2, -0.15) is 0 Å². The van der Waals surface area contributed by atoms with Crippen molar-refractivity contribution in [1.82, 2.24) is 15.1 Å². The van der Waals surface area contributed by atoms with Crippen LogP contribution in [0.25, 0.3) is 11.0 Å². The van der Waals surface area contributed by atoms with Gasteiger partial charge in [0.1, 0.15) is 11.1 Å². The number of para-hydroxylation sites is 1. The normalized spacial score (nSPS) is 21.6. The number of benzene rings is 1. The predicted octanol–water partition coefficient (Wildman–Crippen LogP) is 1.19. The van der Waals surface area contributed by atoms with E-state index < -0.39 is 0 Å². The Morgan fingerprint density at radius 3 is 2.68 bits per heavy atom. The van der Waals surface area contributed by atoms with Gasteiger partial charge in [0.25, 0.3) is 0 Å². The minimum absolute atomic E-state index is 0.0367. The van der Waals surface area contributed by atoms with Crippen LogP contribution in [0.5, 0.6) is 0 Å². The molecule has 1 amide bonds. The lowest BCUT2D eigenvalue weighted by atomic mass is 9.83. The van der Waals surface area contributed by atoms with Crippen molar-refractivity contribution in [2.45, 2.75) is 24.9 Å². The summed E-state index contributed by atoms with van der Waals surface area (Å²) < 4.78 is 5.61. The molecule has 0 unspecified atom stereocenters. The van der Waals surface area contributed by atoms with E-state index in [4.69, 9.17) is 4.42 Å². The molecule has 1 N–H and O–H groups in total. The first-order valence-electron chi connectivity index (χ1n) is 8.81. The van der Waals surface area contributed by atoms with Crippen molar-refractivity contribution in [1.29, 1.82) is 0 Å². The Morgan fingerprint density at radius 2 is 1.92 bits per heavy atom. The van der Waals surface area contributed by atoms with Crippen molar-refractivity contribution in [3.63, 3.8) is 0 Å². The van der Waals surface area contributed by atoms with Crippen molar-refractivity contribution in [2.75, 3.05) is 33.2 Å². The zero-order valence-corrected chi connectivity index (χ0v) is 14.5. The minimum Gasteiger partial charge on any atom is -0.464 e. The fraction of sp³-hybridized carbons (Fsp3) is 0.474. The fourth-order valence-electron chi connectivity index (χ4n) is 4.05. The van der Waals surface area contributed by atoms with E-state index in [2.05, 4.69) is 15.1 Å². The number of piperidine rings is 1. The third kappa shape index (κ3) is 2.75. The first-order chi connectivity index (χ1) is 12.1. The molecule has 2 fully saturated rings. The molecule has 0 saturated carbocycles. The van der Waals surface area contributed by atoms with Crippen LogP contribution in [0, 0.1) is 0 Å². The van der Waals surface area contributed by atoms with Crippen LogP contribution in [0.1, 0.15) is 18.4 Å². The van der Waals surface area contributed by atoms with Crippen molar-refractivity contribution < 1.29 is 9.21 Å². The summed E-state index contributed by atoms with van der Waals surface area (Å²) in [7, 11) is 2.03. The largest absolute Gasteiger partial charge is 0.464 e. The van der Waals surface area contributed by atoms with Gasteiger partial charge in [0, 0.05) is 38.3 Å². The molecule has 2 aliphatic rings. The van der Waals surface area contributed by atoms with Crippen molar-refractivity contribution in [2.24, 2.45) is 0 Å². The molecule has 1 spiro atoms. The van der Waals surface area contributed by atoms with Gasteiger partial charge in [-0.3, -0.25) is 19.4 Å². The topological polar surface area (TPSA) is 65.8 Å². The van der Waals surface area contributed by atoms with Gasteiger partial charge >= 0.3 is 0 Å². The van der Waals surface area contributed by atoms with Crippen LogP contribution < -0.4 is 10.7 Å². The van der Waals surface area contributed by atoms with Gasteiger partial charge in [0.05, 0.1) is 11.6 Å². The molecule has 1 aromatic carbocycles. The maximum atomic E-state index is 12.6. The van der Waals surface area contributed by atoms with Gasteiger partial charge in [0.2, 0.25) is 5.91 Å². The first kappa shape index (κ1) is 16.3. The average Bonchev–Trinajstić information content (AvgIpc) is 2.64. The summed E-state index contributed by atoms with van der Waals surface area (Å²) >= 11 is 0. The molecule has 6 heteroatoms. The molecule has 132 valence electrons. The van der Waals surface area contributed by atoms with Gasteiger partial charge in [-0.15, -0.1) is 0 Å². The molecule has 2 aliphatic heterocycles. The van der Waals surface area contributed by atoms with E-state index in [1.165, 1.54) is 0 Å². The standard InChI is InChI=1S/C19H23N3O3/c1-21-11-8-20-18(24)19(21)6-9-22(10-7-19)12-14-13-25-16-5-3-2-4-15(16)17(14)23/h2-5,13H,6-12H2,1H3,(H,20,24). The summed E-state index contributed by atoms with van der Waals surface area (Å²) in [6, 6.07) is 7.33. The summed E-state index contributed by atoms with van der Waals surface area (Å²) in [5, 5.41) is 3.63. The van der Waals surface area contributed by atoms with E-state index in [0.717, 1.165) is 39.0 Å². The van der Waals surface area contributed by atoms with Crippen LogP contribution in [0.2, 0.25) is 0 Å². The fourth-order valence-corrected chi connectivity index (χ4v) is 4.05. The predicted molar refractivity (Wildman–Crippen MR) is 95.4 cm³/mol. The number of piperazine rings is 1. The van der Waals surface area contributed by atoms with Crippen LogP contribution in [0.3, 0.4) is 0 Å². The second-order valence-corrected chi connectivity index (χ2v) is 7.07. The summed E-state index contributed by atoms with van der Waals surface area (Å²) in [5.74, 6) is 0.145. The van der Waals surface area contributed by atoms with E-state index in [1.54, 1.807) is 12.3 Å². The summed E-state index contributed by atoms with van der Waals surface area (Å²) in [6.07, 6.45) is 3.15. The van der Waals surface area contributed by atoms with Gasteiger partial charge < -0.3 is 9.73 Å². The minimum atomic E-state index is -0.386. The van der Waals surface area contributed by atoms with E-state index in [9.17, 15) is 9.59 Å². The molecule has 0 aliphatic carbocycles. The second kappa shape index (κ2) is 6.28.